The first-order valence-electron chi connectivity index (χ1n) is 5.12. The van der Waals surface area contributed by atoms with Crippen molar-refractivity contribution in [3.8, 4) is 0 Å². The maximum Gasteiger partial charge on any atom is 0.341 e. The third kappa shape index (κ3) is 1.69. The highest BCUT2D eigenvalue weighted by Crippen LogP contribution is 2.13. The fourth-order valence-corrected chi connectivity index (χ4v) is 1.74. The summed E-state index contributed by atoms with van der Waals surface area (Å²) in [7, 11) is 1.68. The molecule has 0 aliphatic carbocycles. The number of nitrogens with zero attached hydrogens (tertiary/aromatic N) is 2. The highest BCUT2D eigenvalue weighted by molar-refractivity contribution is 5.91. The number of carbonyl (C=O) groups is 1. The van der Waals surface area contributed by atoms with E-state index in [2.05, 4.69) is 4.98 Å². The van der Waals surface area contributed by atoms with Gasteiger partial charge in [0.05, 0.1) is 5.39 Å². The van der Waals surface area contributed by atoms with Crippen LogP contribution >= 0.6 is 0 Å². The van der Waals surface area contributed by atoms with Crippen molar-refractivity contribution in [3.63, 3.8) is 0 Å². The molecule has 2 rings (SSSR count). The van der Waals surface area contributed by atoms with Crippen LogP contribution < -0.4 is 5.43 Å². The number of pyridine rings is 2. The second-order valence-electron chi connectivity index (χ2n) is 4.05. The molecule has 88 valence electrons. The highest BCUT2D eigenvalue weighted by Gasteiger charge is 2.14. The molecular formula is C12H12N2O3. The van der Waals surface area contributed by atoms with Crippen molar-refractivity contribution in [1.82, 2.24) is 9.55 Å². The summed E-state index contributed by atoms with van der Waals surface area (Å²) in [6.07, 6.45) is 1.30. The Kier molecular flexibility index (Phi) is 2.46. The quantitative estimate of drug-likeness (QED) is 0.803. The minimum atomic E-state index is -1.22. The number of fused-ring (bicyclic) bond motifs is 1. The third-order valence-electron chi connectivity index (χ3n) is 2.82. The van der Waals surface area contributed by atoms with Gasteiger partial charge in [0.1, 0.15) is 11.2 Å². The molecule has 0 bridgehead atoms. The molecule has 0 fully saturated rings. The zero-order valence-corrected chi connectivity index (χ0v) is 9.81. The van der Waals surface area contributed by atoms with E-state index in [1.54, 1.807) is 17.7 Å². The molecule has 2 aromatic heterocycles. The number of aromatic carboxylic acids is 1. The van der Waals surface area contributed by atoms with Crippen LogP contribution in [0.2, 0.25) is 0 Å². The summed E-state index contributed by atoms with van der Waals surface area (Å²) in [6, 6.07) is 1.69. The van der Waals surface area contributed by atoms with Crippen LogP contribution in [-0.4, -0.2) is 20.6 Å². The second kappa shape index (κ2) is 3.69. The first kappa shape index (κ1) is 11.3. The topological polar surface area (TPSA) is 72.2 Å². The lowest BCUT2D eigenvalue weighted by Gasteiger charge is -2.08. The molecule has 0 saturated carbocycles. The van der Waals surface area contributed by atoms with Gasteiger partial charge in [-0.2, -0.15) is 0 Å². The van der Waals surface area contributed by atoms with Gasteiger partial charge in [-0.05, 0) is 25.5 Å². The van der Waals surface area contributed by atoms with E-state index < -0.39 is 11.4 Å². The first-order chi connectivity index (χ1) is 7.91. The van der Waals surface area contributed by atoms with Gasteiger partial charge in [0.2, 0.25) is 5.43 Å². The van der Waals surface area contributed by atoms with Gasteiger partial charge in [0, 0.05) is 18.9 Å². The van der Waals surface area contributed by atoms with E-state index >= 15 is 0 Å². The lowest BCUT2D eigenvalue weighted by molar-refractivity contribution is 0.0695. The molecule has 2 heterocycles. The lowest BCUT2D eigenvalue weighted by Crippen LogP contribution is -2.18. The minimum absolute atomic E-state index is 0.231. The average Bonchev–Trinajstić information content (AvgIpc) is 2.25. The predicted octanol–water partition coefficient (Wildman–Crippen LogP) is 1.25. The number of aromatic nitrogens is 2. The minimum Gasteiger partial charge on any atom is -0.477 e. The van der Waals surface area contributed by atoms with Crippen LogP contribution in [-0.2, 0) is 7.05 Å². The smallest absolute Gasteiger partial charge is 0.341 e. The molecule has 0 amide bonds. The van der Waals surface area contributed by atoms with E-state index in [1.165, 1.54) is 6.20 Å². The average molecular weight is 232 g/mol. The Hall–Kier alpha value is -2.17. The van der Waals surface area contributed by atoms with E-state index in [0.717, 1.165) is 11.3 Å². The first-order valence-corrected chi connectivity index (χ1v) is 5.12. The Morgan fingerprint density at radius 2 is 2.06 bits per heavy atom. The molecule has 0 unspecified atom stereocenters. The Balaban J connectivity index is 2.99. The van der Waals surface area contributed by atoms with Gasteiger partial charge in [-0.25, -0.2) is 9.78 Å². The molecular weight excluding hydrogens is 220 g/mol. The van der Waals surface area contributed by atoms with Crippen molar-refractivity contribution < 1.29 is 9.90 Å². The highest BCUT2D eigenvalue weighted by atomic mass is 16.4. The normalized spacial score (nSPS) is 10.8. The molecule has 5 heteroatoms. The summed E-state index contributed by atoms with van der Waals surface area (Å²) in [5, 5.41) is 9.28. The Bertz CT molecular complexity index is 686. The van der Waals surface area contributed by atoms with Gasteiger partial charge in [-0.15, -0.1) is 0 Å². The molecule has 1 N–H and O–H groups in total. The molecule has 0 aliphatic rings. The predicted molar refractivity (Wildman–Crippen MR) is 63.4 cm³/mol. The van der Waals surface area contributed by atoms with Gasteiger partial charge >= 0.3 is 5.97 Å². The van der Waals surface area contributed by atoms with Crippen molar-refractivity contribution in [1.29, 1.82) is 0 Å². The van der Waals surface area contributed by atoms with E-state index in [4.69, 9.17) is 5.11 Å². The van der Waals surface area contributed by atoms with Gasteiger partial charge in [0.25, 0.3) is 0 Å². The van der Waals surface area contributed by atoms with Crippen molar-refractivity contribution in [2.45, 2.75) is 13.8 Å². The van der Waals surface area contributed by atoms with Crippen molar-refractivity contribution in [2.24, 2.45) is 7.05 Å². The Labute approximate surface area is 97.3 Å². The fraction of sp³-hybridized carbons (Fsp3) is 0.250. The SMILES string of the molecule is Cc1cc2c(=O)c(C(=O)O)cn(C)c2nc1C. The third-order valence-corrected chi connectivity index (χ3v) is 2.82. The summed E-state index contributed by atoms with van der Waals surface area (Å²) < 4.78 is 1.56. The zero-order valence-electron chi connectivity index (χ0n) is 9.81. The van der Waals surface area contributed by atoms with E-state index in [1.807, 2.05) is 13.8 Å². The number of hydrogen-bond acceptors (Lipinski definition) is 3. The van der Waals surface area contributed by atoms with Crippen LogP contribution in [0, 0.1) is 13.8 Å². The van der Waals surface area contributed by atoms with Gasteiger partial charge in [0.15, 0.2) is 0 Å². The standard InChI is InChI=1S/C12H12N2O3/c1-6-4-8-10(15)9(12(16)17)5-14(3)11(8)13-7(6)2/h4-5H,1-3H3,(H,16,17). The van der Waals surface area contributed by atoms with Crippen molar-refractivity contribution >= 4 is 17.0 Å². The van der Waals surface area contributed by atoms with E-state index in [9.17, 15) is 9.59 Å². The number of aryl methyl sites for hydroxylation is 3. The van der Waals surface area contributed by atoms with Crippen molar-refractivity contribution in [3.05, 3.63) is 39.3 Å². The maximum absolute atomic E-state index is 12.0. The molecule has 0 spiro atoms. The molecule has 0 aliphatic heterocycles. The maximum atomic E-state index is 12.0. The summed E-state index contributed by atoms with van der Waals surface area (Å²) in [4.78, 5) is 27.2. The largest absolute Gasteiger partial charge is 0.477 e. The molecule has 5 nitrogen and oxygen atoms in total. The summed E-state index contributed by atoms with van der Waals surface area (Å²) in [5.41, 5.74) is 1.49. The number of carboxylic acids is 1. The van der Waals surface area contributed by atoms with Crippen LogP contribution in [0.1, 0.15) is 21.6 Å². The van der Waals surface area contributed by atoms with Crippen LogP contribution in [0.15, 0.2) is 17.1 Å². The number of hydrogen-bond donors (Lipinski definition) is 1. The monoisotopic (exact) mass is 232 g/mol. The lowest BCUT2D eigenvalue weighted by atomic mass is 10.1. The molecule has 2 aromatic rings. The summed E-state index contributed by atoms with van der Waals surface area (Å²) in [5.74, 6) is -1.22. The molecule has 0 aromatic carbocycles. The van der Waals surface area contributed by atoms with Crippen molar-refractivity contribution in [2.75, 3.05) is 0 Å². The van der Waals surface area contributed by atoms with Crippen LogP contribution in [0.4, 0.5) is 0 Å². The molecule has 17 heavy (non-hydrogen) atoms. The van der Waals surface area contributed by atoms with Gasteiger partial charge in [-0.1, -0.05) is 0 Å². The van der Waals surface area contributed by atoms with Gasteiger partial charge < -0.3 is 9.67 Å². The second-order valence-corrected chi connectivity index (χ2v) is 4.05. The van der Waals surface area contributed by atoms with Crippen LogP contribution in [0.3, 0.4) is 0 Å². The fourth-order valence-electron chi connectivity index (χ4n) is 1.74. The van der Waals surface area contributed by atoms with Crippen LogP contribution in [0.25, 0.3) is 11.0 Å². The molecule has 0 atom stereocenters. The number of carboxylic acid groups (broad SMARTS) is 1. The van der Waals surface area contributed by atoms with E-state index in [-0.39, 0.29) is 5.56 Å². The Morgan fingerprint density at radius 1 is 1.41 bits per heavy atom. The molecule has 0 saturated heterocycles. The van der Waals surface area contributed by atoms with Crippen LogP contribution in [0.5, 0.6) is 0 Å². The van der Waals surface area contributed by atoms with E-state index in [0.29, 0.717) is 11.0 Å². The Morgan fingerprint density at radius 3 is 2.65 bits per heavy atom. The summed E-state index contributed by atoms with van der Waals surface area (Å²) in [6.45, 7) is 3.69. The summed E-state index contributed by atoms with van der Waals surface area (Å²) >= 11 is 0. The number of rotatable bonds is 1. The zero-order chi connectivity index (χ0) is 12.7. The molecule has 0 radical (unpaired) electrons. The van der Waals surface area contributed by atoms with Gasteiger partial charge in [-0.3, -0.25) is 4.79 Å².